The standard InChI is InChI=1S/C21H20N4O/c1-13-7-4-5-9-17(13)12-22-20-18(21-23-15(3)26-25-21)11-16-10-6-8-14(2)19(16)24-20/h4-11H,12H2,1-3H3,(H,22,24). The summed E-state index contributed by atoms with van der Waals surface area (Å²) in [6.45, 7) is 6.65. The predicted molar refractivity (Wildman–Crippen MR) is 103 cm³/mol. The summed E-state index contributed by atoms with van der Waals surface area (Å²) in [5.41, 5.74) is 5.43. The minimum Gasteiger partial charge on any atom is -0.365 e. The zero-order valence-corrected chi connectivity index (χ0v) is 15.1. The van der Waals surface area contributed by atoms with Gasteiger partial charge in [-0.1, -0.05) is 47.6 Å². The van der Waals surface area contributed by atoms with Crippen molar-refractivity contribution in [1.82, 2.24) is 15.1 Å². The molecule has 0 unspecified atom stereocenters. The Balaban J connectivity index is 1.80. The monoisotopic (exact) mass is 344 g/mol. The molecule has 0 spiro atoms. The quantitative estimate of drug-likeness (QED) is 0.575. The summed E-state index contributed by atoms with van der Waals surface area (Å²) in [4.78, 5) is 9.26. The van der Waals surface area contributed by atoms with Crippen molar-refractivity contribution < 1.29 is 4.52 Å². The number of hydrogen-bond donors (Lipinski definition) is 1. The third-order valence-electron chi connectivity index (χ3n) is 4.52. The van der Waals surface area contributed by atoms with Crippen molar-refractivity contribution in [3.8, 4) is 11.4 Å². The normalized spacial score (nSPS) is 11.0. The molecule has 4 rings (SSSR count). The van der Waals surface area contributed by atoms with Crippen LogP contribution in [0.3, 0.4) is 0 Å². The van der Waals surface area contributed by atoms with Crippen molar-refractivity contribution >= 4 is 16.7 Å². The van der Waals surface area contributed by atoms with Crippen LogP contribution in [0.4, 0.5) is 5.82 Å². The van der Waals surface area contributed by atoms with Gasteiger partial charge in [0.25, 0.3) is 0 Å². The molecule has 130 valence electrons. The van der Waals surface area contributed by atoms with Crippen LogP contribution in [0.15, 0.2) is 53.1 Å². The van der Waals surface area contributed by atoms with E-state index >= 15 is 0 Å². The van der Waals surface area contributed by atoms with E-state index in [1.54, 1.807) is 6.92 Å². The molecule has 0 bridgehead atoms. The lowest BCUT2D eigenvalue weighted by atomic mass is 10.1. The van der Waals surface area contributed by atoms with Gasteiger partial charge in [-0.25, -0.2) is 4.98 Å². The largest absolute Gasteiger partial charge is 0.365 e. The summed E-state index contributed by atoms with van der Waals surface area (Å²) in [6.07, 6.45) is 0. The maximum absolute atomic E-state index is 5.17. The molecule has 0 fully saturated rings. The fourth-order valence-electron chi connectivity index (χ4n) is 3.05. The number of rotatable bonds is 4. The summed E-state index contributed by atoms with van der Waals surface area (Å²) in [5.74, 6) is 1.84. The first-order valence-electron chi connectivity index (χ1n) is 8.61. The minimum atomic E-state index is 0.536. The van der Waals surface area contributed by atoms with Crippen LogP contribution in [0.1, 0.15) is 22.6 Å². The fraction of sp³-hybridized carbons (Fsp3) is 0.190. The van der Waals surface area contributed by atoms with Crippen LogP contribution >= 0.6 is 0 Å². The second-order valence-corrected chi connectivity index (χ2v) is 6.45. The van der Waals surface area contributed by atoms with E-state index in [-0.39, 0.29) is 0 Å². The van der Waals surface area contributed by atoms with E-state index in [0.29, 0.717) is 18.3 Å². The van der Waals surface area contributed by atoms with E-state index in [2.05, 4.69) is 59.6 Å². The Morgan fingerprint density at radius 1 is 0.923 bits per heavy atom. The Hall–Kier alpha value is -3.21. The van der Waals surface area contributed by atoms with Crippen LogP contribution in [0.25, 0.3) is 22.3 Å². The van der Waals surface area contributed by atoms with E-state index in [1.165, 1.54) is 11.1 Å². The third kappa shape index (κ3) is 3.04. The molecule has 0 atom stereocenters. The fourth-order valence-corrected chi connectivity index (χ4v) is 3.05. The number of nitrogens with zero attached hydrogens (tertiary/aromatic N) is 3. The number of anilines is 1. The lowest BCUT2D eigenvalue weighted by molar-refractivity contribution is 0.394. The summed E-state index contributed by atoms with van der Waals surface area (Å²) >= 11 is 0. The Labute approximate surface area is 152 Å². The summed E-state index contributed by atoms with van der Waals surface area (Å²) in [5, 5.41) is 8.61. The molecule has 0 aliphatic rings. The Kier molecular flexibility index (Phi) is 4.13. The van der Waals surface area contributed by atoms with Gasteiger partial charge in [-0.2, -0.15) is 4.98 Å². The molecule has 2 heterocycles. The Morgan fingerprint density at radius 2 is 1.73 bits per heavy atom. The van der Waals surface area contributed by atoms with E-state index in [0.717, 1.165) is 27.8 Å². The molecule has 5 heteroatoms. The van der Waals surface area contributed by atoms with Gasteiger partial charge in [0.1, 0.15) is 5.82 Å². The van der Waals surface area contributed by atoms with Gasteiger partial charge in [-0.15, -0.1) is 0 Å². The summed E-state index contributed by atoms with van der Waals surface area (Å²) in [6, 6.07) is 16.5. The van der Waals surface area contributed by atoms with Gasteiger partial charge in [-0.3, -0.25) is 0 Å². The molecule has 2 aromatic carbocycles. The van der Waals surface area contributed by atoms with Gasteiger partial charge < -0.3 is 9.84 Å². The van der Waals surface area contributed by atoms with E-state index in [9.17, 15) is 0 Å². The molecule has 0 radical (unpaired) electrons. The molecular formula is C21H20N4O. The number of hydrogen-bond acceptors (Lipinski definition) is 5. The van der Waals surface area contributed by atoms with Gasteiger partial charge in [0.15, 0.2) is 0 Å². The van der Waals surface area contributed by atoms with Crippen molar-refractivity contribution in [2.24, 2.45) is 0 Å². The lowest BCUT2D eigenvalue weighted by Gasteiger charge is -2.13. The molecule has 0 aliphatic heterocycles. The predicted octanol–water partition coefficient (Wildman–Crippen LogP) is 4.82. The molecule has 0 saturated carbocycles. The van der Waals surface area contributed by atoms with Gasteiger partial charge in [0.05, 0.1) is 11.1 Å². The number of aromatic nitrogens is 3. The first-order valence-corrected chi connectivity index (χ1v) is 8.61. The van der Waals surface area contributed by atoms with Gasteiger partial charge in [-0.05, 0) is 36.6 Å². The van der Waals surface area contributed by atoms with E-state index in [4.69, 9.17) is 9.51 Å². The highest BCUT2D eigenvalue weighted by Gasteiger charge is 2.15. The zero-order chi connectivity index (χ0) is 18.1. The lowest BCUT2D eigenvalue weighted by Crippen LogP contribution is -2.05. The van der Waals surface area contributed by atoms with Gasteiger partial charge in [0, 0.05) is 18.9 Å². The van der Waals surface area contributed by atoms with Crippen molar-refractivity contribution in [2.45, 2.75) is 27.3 Å². The second-order valence-electron chi connectivity index (χ2n) is 6.45. The average Bonchev–Trinajstić information content (AvgIpc) is 3.07. The highest BCUT2D eigenvalue weighted by atomic mass is 16.5. The summed E-state index contributed by atoms with van der Waals surface area (Å²) in [7, 11) is 0. The third-order valence-corrected chi connectivity index (χ3v) is 4.52. The molecule has 4 aromatic rings. The van der Waals surface area contributed by atoms with Crippen molar-refractivity contribution in [3.05, 3.63) is 71.1 Å². The van der Waals surface area contributed by atoms with Crippen LogP contribution in [0.2, 0.25) is 0 Å². The number of para-hydroxylation sites is 1. The topological polar surface area (TPSA) is 63.8 Å². The average molecular weight is 344 g/mol. The van der Waals surface area contributed by atoms with Crippen LogP contribution in [0.5, 0.6) is 0 Å². The van der Waals surface area contributed by atoms with Crippen molar-refractivity contribution in [2.75, 3.05) is 5.32 Å². The molecule has 0 amide bonds. The molecule has 0 saturated heterocycles. The molecule has 2 aromatic heterocycles. The molecular weight excluding hydrogens is 324 g/mol. The molecule has 1 N–H and O–H groups in total. The Morgan fingerprint density at radius 3 is 2.50 bits per heavy atom. The first-order chi connectivity index (χ1) is 12.6. The van der Waals surface area contributed by atoms with Crippen LogP contribution < -0.4 is 5.32 Å². The number of pyridine rings is 1. The van der Waals surface area contributed by atoms with E-state index < -0.39 is 0 Å². The number of benzene rings is 2. The van der Waals surface area contributed by atoms with Crippen LogP contribution in [-0.2, 0) is 6.54 Å². The highest BCUT2D eigenvalue weighted by molar-refractivity contribution is 5.89. The smallest absolute Gasteiger partial charge is 0.223 e. The van der Waals surface area contributed by atoms with Crippen LogP contribution in [0, 0.1) is 20.8 Å². The van der Waals surface area contributed by atoms with Gasteiger partial charge in [0.2, 0.25) is 11.7 Å². The minimum absolute atomic E-state index is 0.536. The zero-order valence-electron chi connectivity index (χ0n) is 15.1. The maximum atomic E-state index is 5.17. The van der Waals surface area contributed by atoms with Crippen LogP contribution in [-0.4, -0.2) is 15.1 Å². The van der Waals surface area contributed by atoms with Crippen molar-refractivity contribution in [1.29, 1.82) is 0 Å². The SMILES string of the molecule is Cc1nc(-c2cc3cccc(C)c3nc2NCc2ccccc2C)no1. The Bertz CT molecular complexity index is 1080. The number of aryl methyl sites for hydroxylation is 3. The molecule has 5 nitrogen and oxygen atoms in total. The summed E-state index contributed by atoms with van der Waals surface area (Å²) < 4.78 is 5.17. The molecule has 26 heavy (non-hydrogen) atoms. The second kappa shape index (κ2) is 6.59. The van der Waals surface area contributed by atoms with E-state index in [1.807, 2.05) is 18.2 Å². The van der Waals surface area contributed by atoms with Crippen molar-refractivity contribution in [3.63, 3.8) is 0 Å². The number of fused-ring (bicyclic) bond motifs is 1. The number of nitrogens with one attached hydrogen (secondary N) is 1. The molecule has 0 aliphatic carbocycles. The highest BCUT2D eigenvalue weighted by Crippen LogP contribution is 2.30. The maximum Gasteiger partial charge on any atom is 0.223 e. The van der Waals surface area contributed by atoms with Gasteiger partial charge >= 0.3 is 0 Å². The first kappa shape index (κ1) is 16.3.